The van der Waals surface area contributed by atoms with Crippen LogP contribution >= 0.6 is 23.4 Å². The Bertz CT molecular complexity index is 508. The van der Waals surface area contributed by atoms with Gasteiger partial charge in [-0.3, -0.25) is 4.79 Å². The average molecular weight is 330 g/mol. The highest BCUT2D eigenvalue weighted by Crippen LogP contribution is 2.25. The molecule has 1 amide bonds. The van der Waals surface area contributed by atoms with Gasteiger partial charge in [-0.05, 0) is 30.4 Å². The largest absolute Gasteiger partial charge is 0.480 e. The van der Waals surface area contributed by atoms with Crippen molar-refractivity contribution < 1.29 is 14.7 Å². The van der Waals surface area contributed by atoms with Crippen LogP contribution < -0.4 is 5.32 Å². The lowest BCUT2D eigenvalue weighted by Gasteiger charge is -2.15. The van der Waals surface area contributed by atoms with Crippen LogP contribution in [0.2, 0.25) is 5.02 Å². The lowest BCUT2D eigenvalue weighted by molar-refractivity contribution is -0.139. The van der Waals surface area contributed by atoms with Crippen molar-refractivity contribution in [3.05, 3.63) is 28.8 Å². The number of unbranched alkanes of at least 4 members (excludes halogenated alkanes) is 1. The summed E-state index contributed by atoms with van der Waals surface area (Å²) in [4.78, 5) is 24.3. The van der Waals surface area contributed by atoms with Crippen molar-refractivity contribution in [1.82, 2.24) is 5.32 Å². The third kappa shape index (κ3) is 5.59. The first-order valence-electron chi connectivity index (χ1n) is 6.95. The van der Waals surface area contributed by atoms with Gasteiger partial charge in [0.15, 0.2) is 0 Å². The van der Waals surface area contributed by atoms with Gasteiger partial charge >= 0.3 is 5.97 Å². The van der Waals surface area contributed by atoms with E-state index in [0.29, 0.717) is 17.0 Å². The van der Waals surface area contributed by atoms with Gasteiger partial charge < -0.3 is 10.4 Å². The van der Waals surface area contributed by atoms with Crippen LogP contribution in [0.5, 0.6) is 0 Å². The minimum Gasteiger partial charge on any atom is -0.480 e. The SMILES string of the molecule is CCCCC(NC(=O)c1cc(Cl)ccc1SCC)C(=O)O. The molecule has 0 saturated carbocycles. The summed E-state index contributed by atoms with van der Waals surface area (Å²) in [7, 11) is 0. The molecule has 1 unspecified atom stereocenters. The number of carbonyl (C=O) groups excluding carboxylic acids is 1. The fourth-order valence-electron chi connectivity index (χ4n) is 1.86. The van der Waals surface area contributed by atoms with Gasteiger partial charge in [-0.2, -0.15) is 0 Å². The molecule has 1 aromatic rings. The van der Waals surface area contributed by atoms with Crippen molar-refractivity contribution in [2.24, 2.45) is 0 Å². The van der Waals surface area contributed by atoms with E-state index in [9.17, 15) is 14.7 Å². The molecule has 21 heavy (non-hydrogen) atoms. The van der Waals surface area contributed by atoms with Crippen LogP contribution in [-0.2, 0) is 4.79 Å². The van der Waals surface area contributed by atoms with Crippen LogP contribution in [0.1, 0.15) is 43.5 Å². The van der Waals surface area contributed by atoms with Gasteiger partial charge in [0.05, 0.1) is 5.56 Å². The molecule has 0 aliphatic carbocycles. The Kier molecular flexibility index (Phi) is 7.61. The topological polar surface area (TPSA) is 66.4 Å². The summed E-state index contributed by atoms with van der Waals surface area (Å²) in [5, 5.41) is 12.2. The maximum Gasteiger partial charge on any atom is 0.326 e. The summed E-state index contributed by atoms with van der Waals surface area (Å²) in [6.45, 7) is 3.97. The monoisotopic (exact) mass is 329 g/mol. The fraction of sp³-hybridized carbons (Fsp3) is 0.467. The third-order valence-corrected chi connectivity index (χ3v) is 4.13. The first-order valence-corrected chi connectivity index (χ1v) is 8.32. The molecule has 0 radical (unpaired) electrons. The van der Waals surface area contributed by atoms with Gasteiger partial charge in [0.2, 0.25) is 0 Å². The lowest BCUT2D eigenvalue weighted by Crippen LogP contribution is -2.40. The summed E-state index contributed by atoms with van der Waals surface area (Å²) in [6.07, 6.45) is 2.06. The van der Waals surface area contributed by atoms with E-state index in [2.05, 4.69) is 5.32 Å². The second-order valence-electron chi connectivity index (χ2n) is 4.58. The molecule has 0 spiro atoms. The van der Waals surface area contributed by atoms with E-state index in [-0.39, 0.29) is 0 Å². The summed E-state index contributed by atoms with van der Waals surface area (Å²) >= 11 is 7.46. The quantitative estimate of drug-likeness (QED) is 0.711. The Balaban J connectivity index is 2.90. The molecule has 0 fully saturated rings. The molecule has 6 heteroatoms. The highest BCUT2D eigenvalue weighted by Gasteiger charge is 2.21. The van der Waals surface area contributed by atoms with Gasteiger partial charge in [-0.25, -0.2) is 4.79 Å². The van der Waals surface area contributed by atoms with Crippen molar-refractivity contribution >= 4 is 35.2 Å². The number of rotatable bonds is 8. The second kappa shape index (κ2) is 8.95. The third-order valence-electron chi connectivity index (χ3n) is 2.94. The second-order valence-corrected chi connectivity index (χ2v) is 6.32. The molecule has 0 aliphatic heterocycles. The highest BCUT2D eigenvalue weighted by molar-refractivity contribution is 7.99. The van der Waals surface area contributed by atoms with E-state index in [1.54, 1.807) is 18.2 Å². The van der Waals surface area contributed by atoms with E-state index in [1.165, 1.54) is 11.8 Å². The molecule has 0 heterocycles. The number of aliphatic carboxylic acids is 1. The molecule has 0 bridgehead atoms. The van der Waals surface area contributed by atoms with Crippen LogP contribution in [0.15, 0.2) is 23.1 Å². The number of carbonyl (C=O) groups is 2. The Morgan fingerprint density at radius 3 is 2.67 bits per heavy atom. The van der Waals surface area contributed by atoms with Crippen LogP contribution in [0.4, 0.5) is 0 Å². The predicted octanol–water partition coefficient (Wildman–Crippen LogP) is 3.83. The predicted molar refractivity (Wildman–Crippen MR) is 86.3 cm³/mol. The normalized spacial score (nSPS) is 12.0. The van der Waals surface area contributed by atoms with Gasteiger partial charge in [-0.1, -0.05) is 38.3 Å². The number of nitrogens with one attached hydrogen (secondary N) is 1. The van der Waals surface area contributed by atoms with Gasteiger partial charge in [0.25, 0.3) is 5.91 Å². The van der Waals surface area contributed by atoms with Crippen molar-refractivity contribution in [3.63, 3.8) is 0 Å². The summed E-state index contributed by atoms with van der Waals surface area (Å²) in [5.74, 6) is -0.583. The van der Waals surface area contributed by atoms with Gasteiger partial charge in [0, 0.05) is 9.92 Å². The Morgan fingerprint density at radius 1 is 1.38 bits per heavy atom. The van der Waals surface area contributed by atoms with E-state index in [1.807, 2.05) is 13.8 Å². The zero-order valence-electron chi connectivity index (χ0n) is 12.2. The maximum absolute atomic E-state index is 12.3. The maximum atomic E-state index is 12.3. The molecule has 2 N–H and O–H groups in total. The van der Waals surface area contributed by atoms with Gasteiger partial charge in [0.1, 0.15) is 6.04 Å². The van der Waals surface area contributed by atoms with E-state index in [4.69, 9.17) is 11.6 Å². The molecule has 1 aromatic carbocycles. The standard InChI is InChI=1S/C15H20ClNO3S/c1-3-5-6-12(15(19)20)17-14(18)11-9-10(16)7-8-13(11)21-4-2/h7-9,12H,3-6H2,1-2H3,(H,17,18)(H,19,20). The first kappa shape index (κ1) is 17.9. The average Bonchev–Trinajstić information content (AvgIpc) is 2.45. The van der Waals surface area contributed by atoms with E-state index < -0.39 is 17.9 Å². The minimum absolute atomic E-state index is 0.392. The number of carboxylic acid groups (broad SMARTS) is 1. The highest BCUT2D eigenvalue weighted by atomic mass is 35.5. The molecule has 116 valence electrons. The summed E-state index contributed by atoms with van der Waals surface area (Å²) < 4.78 is 0. The van der Waals surface area contributed by atoms with Crippen molar-refractivity contribution in [2.75, 3.05) is 5.75 Å². The molecular weight excluding hydrogens is 310 g/mol. The smallest absolute Gasteiger partial charge is 0.326 e. The molecule has 1 rings (SSSR count). The van der Waals surface area contributed by atoms with Crippen molar-refractivity contribution in [2.45, 2.75) is 44.0 Å². The molecule has 0 aromatic heterocycles. The number of carboxylic acids is 1. The molecule has 4 nitrogen and oxygen atoms in total. The number of amides is 1. The molecule has 1 atom stereocenters. The molecular formula is C15H20ClNO3S. The van der Waals surface area contributed by atoms with Crippen LogP contribution in [0.3, 0.4) is 0 Å². The summed E-state index contributed by atoms with van der Waals surface area (Å²) in [6, 6.07) is 4.22. The molecule has 0 saturated heterocycles. The Labute approximate surface area is 134 Å². The first-order chi connectivity index (χ1) is 9.99. The van der Waals surface area contributed by atoms with Crippen LogP contribution in [0, 0.1) is 0 Å². The van der Waals surface area contributed by atoms with Crippen LogP contribution in [-0.4, -0.2) is 28.8 Å². The number of halogens is 1. The summed E-state index contributed by atoms with van der Waals surface area (Å²) in [5.41, 5.74) is 0.428. The lowest BCUT2D eigenvalue weighted by atomic mass is 10.1. The van der Waals surface area contributed by atoms with Crippen molar-refractivity contribution in [3.8, 4) is 0 Å². The number of benzene rings is 1. The number of hydrogen-bond donors (Lipinski definition) is 2. The minimum atomic E-state index is -1.01. The number of hydrogen-bond acceptors (Lipinski definition) is 3. The zero-order chi connectivity index (χ0) is 15.8. The zero-order valence-corrected chi connectivity index (χ0v) is 13.8. The molecule has 0 aliphatic rings. The van der Waals surface area contributed by atoms with Crippen LogP contribution in [0.25, 0.3) is 0 Å². The number of thioether (sulfide) groups is 1. The van der Waals surface area contributed by atoms with Crippen molar-refractivity contribution in [1.29, 1.82) is 0 Å². The van der Waals surface area contributed by atoms with Gasteiger partial charge in [-0.15, -0.1) is 11.8 Å². The van der Waals surface area contributed by atoms with E-state index in [0.717, 1.165) is 23.5 Å². The fourth-order valence-corrected chi connectivity index (χ4v) is 2.82. The van der Waals surface area contributed by atoms with E-state index >= 15 is 0 Å². The Morgan fingerprint density at radius 2 is 2.10 bits per heavy atom. The Hall–Kier alpha value is -1.20.